The van der Waals surface area contributed by atoms with Crippen LogP contribution in [-0.4, -0.2) is 36.9 Å². The van der Waals surface area contributed by atoms with E-state index in [0.29, 0.717) is 30.1 Å². The fraction of sp³-hybridized carbons (Fsp3) is 0.235. The lowest BCUT2D eigenvalue weighted by Crippen LogP contribution is -2.14. The number of hydrogen-bond donors (Lipinski definition) is 2. The van der Waals surface area contributed by atoms with Gasteiger partial charge in [0.15, 0.2) is 5.78 Å². The van der Waals surface area contributed by atoms with Gasteiger partial charge in [-0.1, -0.05) is 0 Å². The Morgan fingerprint density at radius 1 is 1.13 bits per heavy atom. The zero-order valence-corrected chi connectivity index (χ0v) is 13.1. The second-order valence-corrected chi connectivity index (χ2v) is 4.94. The minimum Gasteiger partial charge on any atom is -0.383 e. The van der Waals surface area contributed by atoms with Crippen LogP contribution in [0.25, 0.3) is 0 Å². The van der Waals surface area contributed by atoms with E-state index < -0.39 is 0 Å². The lowest BCUT2D eigenvalue weighted by Gasteiger charge is -2.08. The number of nitrogens with zero attached hydrogens (tertiary/aromatic N) is 1. The molecule has 0 radical (unpaired) electrons. The van der Waals surface area contributed by atoms with Crippen LogP contribution in [0.1, 0.15) is 27.8 Å². The van der Waals surface area contributed by atoms with E-state index in [4.69, 9.17) is 4.74 Å². The Balaban J connectivity index is 2.02. The van der Waals surface area contributed by atoms with Crippen molar-refractivity contribution in [3.63, 3.8) is 0 Å². The number of Topliss-reactive ketones (excluding diaryl/α,β-unsaturated/α-hetero) is 1. The number of benzene rings is 1. The number of ketones is 1. The molecule has 0 bridgehead atoms. The topological polar surface area (TPSA) is 80.3 Å². The van der Waals surface area contributed by atoms with Gasteiger partial charge in [-0.3, -0.25) is 14.6 Å². The molecule has 1 aromatic carbocycles. The number of ether oxygens (including phenoxy) is 1. The van der Waals surface area contributed by atoms with Gasteiger partial charge in [-0.05, 0) is 43.3 Å². The van der Waals surface area contributed by atoms with E-state index in [2.05, 4.69) is 15.6 Å². The Labute approximate surface area is 134 Å². The van der Waals surface area contributed by atoms with E-state index in [-0.39, 0.29) is 11.7 Å². The van der Waals surface area contributed by atoms with Crippen LogP contribution in [0.15, 0.2) is 42.6 Å². The number of pyridine rings is 1. The molecular weight excluding hydrogens is 294 g/mol. The van der Waals surface area contributed by atoms with Crippen LogP contribution in [-0.2, 0) is 4.74 Å². The average molecular weight is 313 g/mol. The SMILES string of the molecule is COCCNc1ccnc(C(=O)Nc2ccc(C(C)=O)cc2)c1. The number of hydrogen-bond acceptors (Lipinski definition) is 5. The first-order chi connectivity index (χ1) is 11.1. The van der Waals surface area contributed by atoms with Crippen LogP contribution in [0.2, 0.25) is 0 Å². The highest BCUT2D eigenvalue weighted by Crippen LogP contribution is 2.13. The number of methoxy groups -OCH3 is 1. The van der Waals surface area contributed by atoms with Crippen molar-refractivity contribution in [3.8, 4) is 0 Å². The number of anilines is 2. The fourth-order valence-corrected chi connectivity index (χ4v) is 1.95. The molecule has 1 heterocycles. The predicted octanol–water partition coefficient (Wildman–Crippen LogP) is 2.59. The Morgan fingerprint density at radius 3 is 2.52 bits per heavy atom. The van der Waals surface area contributed by atoms with Gasteiger partial charge in [-0.2, -0.15) is 0 Å². The zero-order chi connectivity index (χ0) is 16.7. The lowest BCUT2D eigenvalue weighted by molar-refractivity contribution is 0.101. The summed E-state index contributed by atoms with van der Waals surface area (Å²) in [6, 6.07) is 10.2. The van der Waals surface area contributed by atoms with Crippen LogP contribution in [0, 0.1) is 0 Å². The summed E-state index contributed by atoms with van der Waals surface area (Å²) in [7, 11) is 1.63. The number of aromatic nitrogens is 1. The van der Waals surface area contributed by atoms with Crippen LogP contribution < -0.4 is 10.6 Å². The van der Waals surface area contributed by atoms with Crippen molar-refractivity contribution in [2.24, 2.45) is 0 Å². The Bertz CT molecular complexity index is 684. The van der Waals surface area contributed by atoms with Crippen LogP contribution >= 0.6 is 0 Å². The van der Waals surface area contributed by atoms with Crippen LogP contribution in [0.3, 0.4) is 0 Å². The van der Waals surface area contributed by atoms with Gasteiger partial charge in [0, 0.05) is 36.8 Å². The highest BCUT2D eigenvalue weighted by molar-refractivity contribution is 6.03. The second kappa shape index (κ2) is 8.05. The molecule has 120 valence electrons. The summed E-state index contributed by atoms with van der Waals surface area (Å²) in [5.74, 6) is -0.324. The maximum Gasteiger partial charge on any atom is 0.274 e. The third-order valence-electron chi connectivity index (χ3n) is 3.18. The summed E-state index contributed by atoms with van der Waals surface area (Å²) in [6.45, 7) is 2.72. The number of carbonyl (C=O) groups excluding carboxylic acids is 2. The van der Waals surface area contributed by atoms with Gasteiger partial charge in [0.1, 0.15) is 5.69 Å². The minimum absolute atomic E-state index is 0.0145. The number of amides is 1. The van der Waals surface area contributed by atoms with E-state index in [9.17, 15) is 9.59 Å². The fourth-order valence-electron chi connectivity index (χ4n) is 1.95. The van der Waals surface area contributed by atoms with Gasteiger partial charge in [-0.25, -0.2) is 0 Å². The van der Waals surface area contributed by atoms with Crippen molar-refractivity contribution >= 4 is 23.1 Å². The Kier molecular flexibility index (Phi) is 5.82. The van der Waals surface area contributed by atoms with Crippen LogP contribution in [0.5, 0.6) is 0 Å². The molecule has 23 heavy (non-hydrogen) atoms. The Morgan fingerprint density at radius 2 is 1.87 bits per heavy atom. The molecule has 0 aliphatic carbocycles. The molecule has 0 saturated heterocycles. The number of carbonyl (C=O) groups is 2. The van der Waals surface area contributed by atoms with Crippen molar-refractivity contribution in [1.29, 1.82) is 0 Å². The van der Waals surface area contributed by atoms with E-state index >= 15 is 0 Å². The van der Waals surface area contributed by atoms with Gasteiger partial charge in [-0.15, -0.1) is 0 Å². The van der Waals surface area contributed by atoms with Gasteiger partial charge >= 0.3 is 0 Å². The molecule has 0 saturated carbocycles. The van der Waals surface area contributed by atoms with Gasteiger partial charge in [0.25, 0.3) is 5.91 Å². The standard InChI is InChI=1S/C17H19N3O3/c1-12(21)13-3-5-14(6-4-13)20-17(22)16-11-15(7-8-19-16)18-9-10-23-2/h3-8,11H,9-10H2,1-2H3,(H,18,19)(H,20,22). The quantitative estimate of drug-likeness (QED) is 0.606. The molecule has 1 aromatic heterocycles. The third kappa shape index (κ3) is 4.89. The normalized spacial score (nSPS) is 10.2. The minimum atomic E-state index is -0.309. The second-order valence-electron chi connectivity index (χ2n) is 4.94. The third-order valence-corrected chi connectivity index (χ3v) is 3.18. The molecular formula is C17H19N3O3. The largest absolute Gasteiger partial charge is 0.383 e. The van der Waals surface area contributed by atoms with E-state index in [1.165, 1.54) is 6.92 Å². The van der Waals surface area contributed by atoms with Crippen molar-refractivity contribution in [2.75, 3.05) is 30.9 Å². The molecule has 2 N–H and O–H groups in total. The van der Waals surface area contributed by atoms with Crippen molar-refractivity contribution in [3.05, 3.63) is 53.9 Å². The number of rotatable bonds is 7. The molecule has 2 aromatic rings. The summed E-state index contributed by atoms with van der Waals surface area (Å²) in [4.78, 5) is 27.5. The molecule has 0 unspecified atom stereocenters. The summed E-state index contributed by atoms with van der Waals surface area (Å²) in [6.07, 6.45) is 1.57. The molecule has 0 fully saturated rings. The first kappa shape index (κ1) is 16.6. The van der Waals surface area contributed by atoms with Crippen molar-refractivity contribution in [1.82, 2.24) is 4.98 Å². The zero-order valence-electron chi connectivity index (χ0n) is 13.1. The molecule has 0 aliphatic heterocycles. The smallest absolute Gasteiger partial charge is 0.274 e. The molecule has 6 nitrogen and oxygen atoms in total. The molecule has 0 spiro atoms. The molecule has 0 aliphatic rings. The molecule has 6 heteroatoms. The summed E-state index contributed by atoms with van der Waals surface area (Å²) in [5.41, 5.74) is 2.32. The maximum atomic E-state index is 12.2. The van der Waals surface area contributed by atoms with E-state index in [1.54, 1.807) is 49.7 Å². The highest BCUT2D eigenvalue weighted by atomic mass is 16.5. The summed E-state index contributed by atoms with van der Waals surface area (Å²) < 4.78 is 4.97. The van der Waals surface area contributed by atoms with Crippen LogP contribution in [0.4, 0.5) is 11.4 Å². The van der Waals surface area contributed by atoms with Gasteiger partial charge in [0.05, 0.1) is 6.61 Å². The van der Waals surface area contributed by atoms with Gasteiger partial charge < -0.3 is 15.4 Å². The molecule has 1 amide bonds. The summed E-state index contributed by atoms with van der Waals surface area (Å²) in [5, 5.41) is 5.90. The average Bonchev–Trinajstić information content (AvgIpc) is 2.56. The van der Waals surface area contributed by atoms with Crippen molar-refractivity contribution < 1.29 is 14.3 Å². The highest BCUT2D eigenvalue weighted by Gasteiger charge is 2.09. The van der Waals surface area contributed by atoms with Crippen molar-refractivity contribution in [2.45, 2.75) is 6.92 Å². The summed E-state index contributed by atoms with van der Waals surface area (Å²) >= 11 is 0. The number of nitrogens with one attached hydrogen (secondary N) is 2. The monoisotopic (exact) mass is 313 g/mol. The maximum absolute atomic E-state index is 12.2. The lowest BCUT2D eigenvalue weighted by atomic mass is 10.1. The van der Waals surface area contributed by atoms with Gasteiger partial charge in [0.2, 0.25) is 0 Å². The first-order valence-electron chi connectivity index (χ1n) is 7.21. The predicted molar refractivity (Wildman–Crippen MR) is 89.0 cm³/mol. The van der Waals surface area contributed by atoms with E-state index in [0.717, 1.165) is 5.69 Å². The first-order valence-corrected chi connectivity index (χ1v) is 7.21. The molecule has 2 rings (SSSR count). The Hall–Kier alpha value is -2.73. The van der Waals surface area contributed by atoms with E-state index in [1.807, 2.05) is 0 Å². The molecule has 0 atom stereocenters.